The van der Waals surface area contributed by atoms with Crippen LogP contribution >= 0.6 is 11.8 Å². The molecule has 6 heteroatoms. The Kier molecular flexibility index (Phi) is 6.17. The normalized spacial score (nSPS) is 16.7. The van der Waals surface area contributed by atoms with E-state index in [9.17, 15) is 13.5 Å². The van der Waals surface area contributed by atoms with Gasteiger partial charge in [-0.15, -0.1) is 0 Å². The summed E-state index contributed by atoms with van der Waals surface area (Å²) < 4.78 is 25.4. The first-order valence-corrected chi connectivity index (χ1v) is 7.92. The van der Waals surface area contributed by atoms with Gasteiger partial charge in [0.1, 0.15) is 0 Å². The molecule has 0 amide bonds. The predicted octanol–water partition coefficient (Wildman–Crippen LogP) is 0.676. The van der Waals surface area contributed by atoms with Gasteiger partial charge in [0.15, 0.2) is 0 Å². The van der Waals surface area contributed by atoms with Gasteiger partial charge in [0.25, 0.3) is 0 Å². The van der Waals surface area contributed by atoms with Crippen molar-refractivity contribution in [2.45, 2.75) is 26.4 Å². The summed E-state index contributed by atoms with van der Waals surface area (Å²) in [5.41, 5.74) is -0.983. The lowest BCUT2D eigenvalue weighted by Gasteiger charge is -2.22. The molecule has 0 heterocycles. The first-order valence-electron chi connectivity index (χ1n) is 4.87. The zero-order valence-corrected chi connectivity index (χ0v) is 11.4. The molecule has 15 heavy (non-hydrogen) atoms. The summed E-state index contributed by atoms with van der Waals surface area (Å²) in [4.78, 5) is 0. The van der Waals surface area contributed by atoms with Crippen LogP contribution in [0.5, 0.6) is 0 Å². The highest BCUT2D eigenvalue weighted by molar-refractivity contribution is 7.98. The van der Waals surface area contributed by atoms with Crippen molar-refractivity contribution in [2.75, 3.05) is 24.3 Å². The van der Waals surface area contributed by atoms with Crippen molar-refractivity contribution in [3.63, 3.8) is 0 Å². The third kappa shape index (κ3) is 8.07. The molecule has 0 radical (unpaired) electrons. The highest BCUT2D eigenvalue weighted by atomic mass is 32.2. The molecule has 0 bridgehead atoms. The minimum atomic E-state index is -3.25. The van der Waals surface area contributed by atoms with Crippen LogP contribution in [-0.4, -0.2) is 43.4 Å². The van der Waals surface area contributed by atoms with Crippen molar-refractivity contribution in [1.82, 2.24) is 4.72 Å². The van der Waals surface area contributed by atoms with Gasteiger partial charge in [-0.25, -0.2) is 13.1 Å². The Morgan fingerprint density at radius 2 is 2.00 bits per heavy atom. The molecule has 4 nitrogen and oxygen atoms in total. The summed E-state index contributed by atoms with van der Waals surface area (Å²) in [6.07, 6.45) is 1.87. The minimum absolute atomic E-state index is 0.0723. The molecule has 0 spiro atoms. The van der Waals surface area contributed by atoms with E-state index in [0.29, 0.717) is 5.75 Å². The zero-order chi connectivity index (χ0) is 12.1. The first kappa shape index (κ1) is 15.2. The summed E-state index contributed by atoms with van der Waals surface area (Å²) in [5, 5.41) is 9.76. The molecule has 0 fully saturated rings. The number of sulfonamides is 1. The molecule has 0 aliphatic rings. The fraction of sp³-hybridized carbons (Fsp3) is 1.00. The van der Waals surface area contributed by atoms with E-state index in [1.807, 2.05) is 20.1 Å². The average molecular weight is 255 g/mol. The van der Waals surface area contributed by atoms with Crippen LogP contribution in [0.4, 0.5) is 0 Å². The summed E-state index contributed by atoms with van der Waals surface area (Å²) in [5.74, 6) is 0.701. The van der Waals surface area contributed by atoms with Crippen molar-refractivity contribution in [2.24, 2.45) is 5.92 Å². The largest absolute Gasteiger partial charge is 0.388 e. The molecule has 1 atom stereocenters. The lowest BCUT2D eigenvalue weighted by Crippen LogP contribution is -2.43. The van der Waals surface area contributed by atoms with Gasteiger partial charge >= 0.3 is 0 Å². The highest BCUT2D eigenvalue weighted by Crippen LogP contribution is 2.10. The van der Waals surface area contributed by atoms with Gasteiger partial charge in [-0.2, -0.15) is 11.8 Å². The molecule has 92 valence electrons. The van der Waals surface area contributed by atoms with E-state index in [1.54, 1.807) is 6.92 Å². The van der Waals surface area contributed by atoms with Gasteiger partial charge in [0.05, 0.1) is 11.4 Å². The number of hydrogen-bond acceptors (Lipinski definition) is 4. The molecule has 0 aromatic carbocycles. The molecule has 0 aromatic rings. The Balaban J connectivity index is 4.14. The fourth-order valence-electron chi connectivity index (χ4n) is 1.13. The van der Waals surface area contributed by atoms with E-state index < -0.39 is 15.6 Å². The summed E-state index contributed by atoms with van der Waals surface area (Å²) in [6, 6.07) is 0. The third-order valence-electron chi connectivity index (χ3n) is 1.68. The maximum absolute atomic E-state index is 11.5. The predicted molar refractivity (Wildman–Crippen MR) is 65.6 cm³/mol. The van der Waals surface area contributed by atoms with E-state index in [-0.39, 0.29) is 18.2 Å². The lowest BCUT2D eigenvalue weighted by atomic mass is 10.1. The summed E-state index contributed by atoms with van der Waals surface area (Å²) in [7, 11) is -3.25. The molecule has 0 aliphatic heterocycles. The van der Waals surface area contributed by atoms with Gasteiger partial charge in [-0.1, -0.05) is 13.8 Å². The van der Waals surface area contributed by atoms with Crippen LogP contribution in [0.3, 0.4) is 0 Å². The lowest BCUT2D eigenvalue weighted by molar-refractivity contribution is 0.0908. The summed E-state index contributed by atoms with van der Waals surface area (Å²) in [6.45, 7) is 5.39. The van der Waals surface area contributed by atoms with E-state index in [0.717, 1.165) is 0 Å². The maximum atomic E-state index is 11.5. The first-order chi connectivity index (χ1) is 6.68. The van der Waals surface area contributed by atoms with Crippen molar-refractivity contribution < 1.29 is 13.5 Å². The second-order valence-electron chi connectivity index (χ2n) is 4.43. The van der Waals surface area contributed by atoms with Crippen LogP contribution in [0, 0.1) is 5.92 Å². The Hall–Kier alpha value is 0.220. The molecule has 0 saturated carbocycles. The molecule has 2 N–H and O–H groups in total. The van der Waals surface area contributed by atoms with Gasteiger partial charge in [-0.05, 0) is 19.1 Å². The topological polar surface area (TPSA) is 66.4 Å². The Bertz CT molecular complexity index is 273. The van der Waals surface area contributed by atoms with E-state index in [2.05, 4.69) is 4.72 Å². The van der Waals surface area contributed by atoms with Crippen molar-refractivity contribution in [3.05, 3.63) is 0 Å². The van der Waals surface area contributed by atoms with Crippen molar-refractivity contribution in [3.8, 4) is 0 Å². The molecule has 0 saturated heterocycles. The van der Waals surface area contributed by atoms with Crippen LogP contribution in [0.15, 0.2) is 0 Å². The van der Waals surface area contributed by atoms with E-state index in [1.165, 1.54) is 11.8 Å². The van der Waals surface area contributed by atoms with Crippen LogP contribution in [0.2, 0.25) is 0 Å². The Morgan fingerprint density at radius 1 is 1.47 bits per heavy atom. The number of thioether (sulfide) groups is 1. The average Bonchev–Trinajstić information content (AvgIpc) is 1.99. The standard InChI is InChI=1S/C9H21NO3S2/c1-8(2)5-15(12,13)10-6-9(3,11)7-14-4/h8,10-11H,5-7H2,1-4H3/t9-/m0/s1. The van der Waals surface area contributed by atoms with Gasteiger partial charge in [-0.3, -0.25) is 0 Å². The van der Waals surface area contributed by atoms with E-state index >= 15 is 0 Å². The SMILES string of the molecule is CSC[C@@](C)(O)CNS(=O)(=O)CC(C)C. The number of aliphatic hydroxyl groups is 1. The molecular weight excluding hydrogens is 234 g/mol. The van der Waals surface area contributed by atoms with Crippen LogP contribution in [-0.2, 0) is 10.0 Å². The monoisotopic (exact) mass is 255 g/mol. The molecule has 0 aromatic heterocycles. The zero-order valence-electron chi connectivity index (χ0n) is 9.78. The second-order valence-corrected chi connectivity index (χ2v) is 7.14. The van der Waals surface area contributed by atoms with Gasteiger partial charge in [0, 0.05) is 12.3 Å². The molecule has 0 rings (SSSR count). The number of nitrogens with one attached hydrogen (secondary N) is 1. The van der Waals surface area contributed by atoms with Crippen LogP contribution < -0.4 is 4.72 Å². The number of hydrogen-bond donors (Lipinski definition) is 2. The number of rotatable bonds is 7. The molecular formula is C9H21NO3S2. The molecule has 0 unspecified atom stereocenters. The van der Waals surface area contributed by atoms with Crippen LogP contribution in [0.25, 0.3) is 0 Å². The Morgan fingerprint density at radius 3 is 2.40 bits per heavy atom. The van der Waals surface area contributed by atoms with Crippen LogP contribution in [0.1, 0.15) is 20.8 Å². The van der Waals surface area contributed by atoms with Crippen molar-refractivity contribution >= 4 is 21.8 Å². The van der Waals surface area contributed by atoms with Gasteiger partial charge in [0.2, 0.25) is 10.0 Å². The van der Waals surface area contributed by atoms with Gasteiger partial charge < -0.3 is 5.11 Å². The Labute approximate surface area is 96.9 Å². The highest BCUT2D eigenvalue weighted by Gasteiger charge is 2.23. The minimum Gasteiger partial charge on any atom is -0.388 e. The quantitative estimate of drug-likeness (QED) is 0.702. The molecule has 0 aliphatic carbocycles. The summed E-state index contributed by atoms with van der Waals surface area (Å²) >= 11 is 1.49. The van der Waals surface area contributed by atoms with Crippen molar-refractivity contribution in [1.29, 1.82) is 0 Å². The third-order valence-corrected chi connectivity index (χ3v) is 4.28. The fourth-order valence-corrected chi connectivity index (χ4v) is 3.38. The van der Waals surface area contributed by atoms with E-state index in [4.69, 9.17) is 0 Å². The smallest absolute Gasteiger partial charge is 0.211 e. The second kappa shape index (κ2) is 6.08. The maximum Gasteiger partial charge on any atom is 0.211 e.